The third-order valence-corrected chi connectivity index (χ3v) is 6.26. The molecule has 0 spiro atoms. The molecule has 1 atom stereocenters. The van der Waals surface area contributed by atoms with E-state index in [0.29, 0.717) is 12.0 Å². The Morgan fingerprint density at radius 3 is 2.25 bits per heavy atom. The van der Waals surface area contributed by atoms with E-state index in [2.05, 4.69) is 5.32 Å². The summed E-state index contributed by atoms with van der Waals surface area (Å²) in [7, 11) is -2.35. The molecular weight excluding hydrogens is 430 g/mol. The van der Waals surface area contributed by atoms with E-state index in [4.69, 9.17) is 0 Å². The second kappa shape index (κ2) is 10.9. The Morgan fingerprint density at radius 2 is 1.69 bits per heavy atom. The molecule has 2 rings (SSSR count). The SMILES string of the molecule is CNC(=O)[C@H](C)N(CCc1ccccc1)C(=O)CN(c1cccc(C(C)=O)c1)S(C)(=O)=O. The quantitative estimate of drug-likeness (QED) is 0.546. The molecule has 32 heavy (non-hydrogen) atoms. The molecule has 172 valence electrons. The van der Waals surface area contributed by atoms with Gasteiger partial charge in [-0.1, -0.05) is 42.5 Å². The van der Waals surface area contributed by atoms with Crippen molar-refractivity contribution in [2.75, 3.05) is 30.7 Å². The van der Waals surface area contributed by atoms with Gasteiger partial charge in [0.2, 0.25) is 21.8 Å². The van der Waals surface area contributed by atoms with Crippen molar-refractivity contribution in [3.05, 3.63) is 65.7 Å². The fourth-order valence-corrected chi connectivity index (χ4v) is 4.11. The molecule has 2 aromatic rings. The lowest BCUT2D eigenvalue weighted by molar-refractivity contribution is -0.138. The maximum Gasteiger partial charge on any atom is 0.244 e. The van der Waals surface area contributed by atoms with Crippen LogP contribution in [0.4, 0.5) is 5.69 Å². The van der Waals surface area contributed by atoms with Crippen molar-refractivity contribution in [1.82, 2.24) is 10.2 Å². The van der Waals surface area contributed by atoms with Gasteiger partial charge in [-0.3, -0.25) is 18.7 Å². The Balaban J connectivity index is 2.33. The number of anilines is 1. The van der Waals surface area contributed by atoms with Crippen molar-refractivity contribution >= 4 is 33.3 Å². The molecule has 0 fully saturated rings. The highest BCUT2D eigenvalue weighted by Gasteiger charge is 2.29. The van der Waals surface area contributed by atoms with E-state index in [1.54, 1.807) is 19.1 Å². The van der Waals surface area contributed by atoms with Gasteiger partial charge in [0.05, 0.1) is 11.9 Å². The molecule has 0 aromatic heterocycles. The molecule has 0 aliphatic rings. The molecule has 0 saturated heterocycles. The number of nitrogens with zero attached hydrogens (tertiary/aromatic N) is 2. The summed E-state index contributed by atoms with van der Waals surface area (Å²) in [5, 5.41) is 2.53. The van der Waals surface area contributed by atoms with Crippen LogP contribution in [0.3, 0.4) is 0 Å². The first kappa shape index (κ1) is 25.1. The van der Waals surface area contributed by atoms with Gasteiger partial charge in [0, 0.05) is 19.2 Å². The van der Waals surface area contributed by atoms with Crippen molar-refractivity contribution < 1.29 is 22.8 Å². The molecule has 1 N–H and O–H groups in total. The zero-order valence-electron chi connectivity index (χ0n) is 18.7. The van der Waals surface area contributed by atoms with Gasteiger partial charge >= 0.3 is 0 Å². The van der Waals surface area contributed by atoms with Gasteiger partial charge in [0.15, 0.2) is 5.78 Å². The lowest BCUT2D eigenvalue weighted by atomic mass is 10.1. The fourth-order valence-electron chi connectivity index (χ4n) is 3.27. The van der Waals surface area contributed by atoms with E-state index in [1.165, 1.54) is 31.0 Å². The molecule has 8 nitrogen and oxygen atoms in total. The number of rotatable bonds is 10. The number of sulfonamides is 1. The lowest BCUT2D eigenvalue weighted by Crippen LogP contribution is -2.51. The summed E-state index contributed by atoms with van der Waals surface area (Å²) in [6.07, 6.45) is 1.50. The average Bonchev–Trinajstić information content (AvgIpc) is 2.76. The number of Topliss-reactive ketones (excluding diaryl/α,β-unsaturated/α-hetero) is 1. The monoisotopic (exact) mass is 459 g/mol. The van der Waals surface area contributed by atoms with Crippen molar-refractivity contribution in [2.24, 2.45) is 0 Å². The zero-order valence-corrected chi connectivity index (χ0v) is 19.6. The minimum atomic E-state index is -3.83. The highest BCUT2D eigenvalue weighted by Crippen LogP contribution is 2.20. The topological polar surface area (TPSA) is 104 Å². The largest absolute Gasteiger partial charge is 0.357 e. The summed E-state index contributed by atoms with van der Waals surface area (Å²) >= 11 is 0. The summed E-state index contributed by atoms with van der Waals surface area (Å²) in [4.78, 5) is 38.6. The predicted octanol–water partition coefficient (Wildman–Crippen LogP) is 1.86. The van der Waals surface area contributed by atoms with Crippen LogP contribution in [0.5, 0.6) is 0 Å². The molecule has 0 bridgehead atoms. The zero-order chi connectivity index (χ0) is 23.9. The van der Waals surface area contributed by atoms with Gasteiger partial charge in [-0.2, -0.15) is 0 Å². The van der Waals surface area contributed by atoms with Crippen molar-refractivity contribution in [3.63, 3.8) is 0 Å². The summed E-state index contributed by atoms with van der Waals surface area (Å²) in [5.74, 6) is -1.09. The van der Waals surface area contributed by atoms with Crippen LogP contribution in [0.25, 0.3) is 0 Å². The number of carbonyl (C=O) groups is 3. The van der Waals surface area contributed by atoms with E-state index in [-0.39, 0.29) is 23.9 Å². The number of hydrogen-bond donors (Lipinski definition) is 1. The highest BCUT2D eigenvalue weighted by atomic mass is 32.2. The molecule has 2 amide bonds. The third kappa shape index (κ3) is 6.65. The molecule has 0 heterocycles. The van der Waals surface area contributed by atoms with Crippen LogP contribution in [-0.2, 0) is 26.0 Å². The number of benzene rings is 2. The molecule has 0 aliphatic carbocycles. The molecule has 0 radical (unpaired) electrons. The number of hydrogen-bond acceptors (Lipinski definition) is 5. The summed E-state index contributed by atoms with van der Waals surface area (Å²) in [6, 6.07) is 14.8. The summed E-state index contributed by atoms with van der Waals surface area (Å²) in [5.41, 5.74) is 1.54. The molecule has 9 heteroatoms. The second-order valence-electron chi connectivity index (χ2n) is 7.49. The minimum Gasteiger partial charge on any atom is -0.357 e. The van der Waals surface area contributed by atoms with Crippen LogP contribution in [0, 0.1) is 0 Å². The number of likely N-dealkylation sites (N-methyl/N-ethyl adjacent to an activating group) is 1. The normalized spacial score (nSPS) is 12.0. The number of ketones is 1. The van der Waals surface area contributed by atoms with Gasteiger partial charge in [-0.25, -0.2) is 8.42 Å². The third-order valence-electron chi connectivity index (χ3n) is 5.12. The highest BCUT2D eigenvalue weighted by molar-refractivity contribution is 7.92. The van der Waals surface area contributed by atoms with Crippen LogP contribution in [0.1, 0.15) is 29.8 Å². The lowest BCUT2D eigenvalue weighted by Gasteiger charge is -2.31. The molecule has 0 aliphatic heterocycles. The van der Waals surface area contributed by atoms with Crippen LogP contribution in [-0.4, -0.2) is 63.4 Å². The Morgan fingerprint density at radius 1 is 1.03 bits per heavy atom. The van der Waals surface area contributed by atoms with E-state index in [9.17, 15) is 22.8 Å². The van der Waals surface area contributed by atoms with E-state index in [1.807, 2.05) is 30.3 Å². The van der Waals surface area contributed by atoms with Gasteiger partial charge in [0.1, 0.15) is 12.6 Å². The second-order valence-corrected chi connectivity index (χ2v) is 9.40. The average molecular weight is 460 g/mol. The van der Waals surface area contributed by atoms with Crippen molar-refractivity contribution in [3.8, 4) is 0 Å². The Hall–Kier alpha value is -3.20. The maximum atomic E-state index is 13.2. The number of nitrogens with one attached hydrogen (secondary N) is 1. The smallest absolute Gasteiger partial charge is 0.244 e. The van der Waals surface area contributed by atoms with Crippen LogP contribution in [0.2, 0.25) is 0 Å². The Kier molecular flexibility index (Phi) is 8.54. The summed E-state index contributed by atoms with van der Waals surface area (Å²) < 4.78 is 26.0. The number of amides is 2. The van der Waals surface area contributed by atoms with Crippen LogP contribution in [0.15, 0.2) is 54.6 Å². The maximum absolute atomic E-state index is 13.2. The van der Waals surface area contributed by atoms with Gasteiger partial charge in [-0.15, -0.1) is 0 Å². The Labute approximate surface area is 189 Å². The standard InChI is InChI=1S/C23H29N3O5S/c1-17(23(29)24-3)25(14-13-19-9-6-5-7-10-19)22(28)16-26(32(4,30)31)21-12-8-11-20(15-21)18(2)27/h5-12,15,17H,13-14,16H2,1-4H3,(H,24,29)/t17-/m0/s1. The van der Waals surface area contributed by atoms with Crippen LogP contribution < -0.4 is 9.62 Å². The summed E-state index contributed by atoms with van der Waals surface area (Å²) in [6.45, 7) is 2.73. The van der Waals surface area contributed by atoms with E-state index >= 15 is 0 Å². The van der Waals surface area contributed by atoms with Gasteiger partial charge in [-0.05, 0) is 38.0 Å². The first-order valence-electron chi connectivity index (χ1n) is 10.2. The van der Waals surface area contributed by atoms with Crippen LogP contribution >= 0.6 is 0 Å². The molecule has 2 aromatic carbocycles. The Bertz CT molecular complexity index is 1070. The first-order valence-corrected chi connectivity index (χ1v) is 12.0. The van der Waals surface area contributed by atoms with E-state index < -0.39 is 28.5 Å². The van der Waals surface area contributed by atoms with Crippen molar-refractivity contribution in [2.45, 2.75) is 26.3 Å². The molecule has 0 unspecified atom stereocenters. The predicted molar refractivity (Wildman–Crippen MR) is 124 cm³/mol. The minimum absolute atomic E-state index is 0.212. The fraction of sp³-hybridized carbons (Fsp3) is 0.348. The first-order chi connectivity index (χ1) is 15.0. The molecule has 0 saturated carbocycles. The van der Waals surface area contributed by atoms with E-state index in [0.717, 1.165) is 16.1 Å². The van der Waals surface area contributed by atoms with Crippen molar-refractivity contribution in [1.29, 1.82) is 0 Å². The van der Waals surface area contributed by atoms with Gasteiger partial charge < -0.3 is 10.2 Å². The van der Waals surface area contributed by atoms with Gasteiger partial charge in [0.25, 0.3) is 0 Å². The number of carbonyl (C=O) groups excluding carboxylic acids is 3. The molecular formula is C23H29N3O5S.